The van der Waals surface area contributed by atoms with Gasteiger partial charge in [-0.2, -0.15) is 0 Å². The van der Waals surface area contributed by atoms with Crippen LogP contribution >= 0.6 is 0 Å². The highest BCUT2D eigenvalue weighted by molar-refractivity contribution is 4.96. The summed E-state index contributed by atoms with van der Waals surface area (Å²) >= 11 is 0. The van der Waals surface area contributed by atoms with E-state index in [2.05, 4.69) is 24.2 Å². The molecule has 1 fully saturated rings. The van der Waals surface area contributed by atoms with Gasteiger partial charge in [0.25, 0.3) is 0 Å². The minimum absolute atomic E-state index is 0.328. The molecule has 0 bridgehead atoms. The fourth-order valence-corrected chi connectivity index (χ4v) is 2.69. The number of nitrogens with one attached hydrogen (secondary N) is 1. The van der Waals surface area contributed by atoms with Crippen LogP contribution in [-0.2, 0) is 11.3 Å². The molecule has 1 aliphatic rings. The van der Waals surface area contributed by atoms with Crippen molar-refractivity contribution in [3.05, 3.63) is 24.2 Å². The lowest BCUT2D eigenvalue weighted by Crippen LogP contribution is -2.49. The first kappa shape index (κ1) is 15.5. The molecular weight excluding hydrogens is 256 g/mol. The van der Waals surface area contributed by atoms with Gasteiger partial charge in [-0.1, -0.05) is 6.92 Å². The SMILES string of the molecule is CC1CN(C)CCC1NCC(O)COCc1ccco1. The fraction of sp³-hybridized carbons (Fsp3) is 0.733. The maximum Gasteiger partial charge on any atom is 0.129 e. The third-order valence-electron chi connectivity index (χ3n) is 3.86. The van der Waals surface area contributed by atoms with E-state index in [1.807, 2.05) is 12.1 Å². The van der Waals surface area contributed by atoms with E-state index in [0.29, 0.717) is 31.7 Å². The number of ether oxygens (including phenoxy) is 1. The Kier molecular flexibility index (Phi) is 6.04. The molecular formula is C15H26N2O3. The normalized spacial score (nSPS) is 25.8. The molecule has 5 nitrogen and oxygen atoms in total. The average molecular weight is 282 g/mol. The van der Waals surface area contributed by atoms with E-state index in [0.717, 1.165) is 25.3 Å². The summed E-state index contributed by atoms with van der Waals surface area (Å²) < 4.78 is 10.6. The number of furan rings is 1. The summed E-state index contributed by atoms with van der Waals surface area (Å²) in [4.78, 5) is 2.35. The number of hydrogen-bond donors (Lipinski definition) is 2. The van der Waals surface area contributed by atoms with Gasteiger partial charge in [0, 0.05) is 19.1 Å². The highest BCUT2D eigenvalue weighted by atomic mass is 16.5. The van der Waals surface area contributed by atoms with E-state index in [1.165, 1.54) is 0 Å². The number of likely N-dealkylation sites (tertiary alicyclic amines) is 1. The molecule has 3 atom stereocenters. The lowest BCUT2D eigenvalue weighted by Gasteiger charge is -2.35. The van der Waals surface area contributed by atoms with Crippen LogP contribution in [0.15, 0.2) is 22.8 Å². The minimum atomic E-state index is -0.475. The molecule has 0 aliphatic carbocycles. The van der Waals surface area contributed by atoms with Crippen molar-refractivity contribution < 1.29 is 14.3 Å². The van der Waals surface area contributed by atoms with E-state index in [9.17, 15) is 5.11 Å². The highest BCUT2D eigenvalue weighted by Crippen LogP contribution is 2.15. The van der Waals surface area contributed by atoms with Crippen molar-refractivity contribution in [3.63, 3.8) is 0 Å². The van der Waals surface area contributed by atoms with Crippen LogP contribution in [-0.4, -0.2) is 55.4 Å². The van der Waals surface area contributed by atoms with Crippen LogP contribution in [0, 0.1) is 5.92 Å². The smallest absolute Gasteiger partial charge is 0.129 e. The summed E-state index contributed by atoms with van der Waals surface area (Å²) in [6.45, 7) is 5.81. The molecule has 2 heterocycles. The molecule has 1 aliphatic heterocycles. The zero-order chi connectivity index (χ0) is 14.4. The summed E-state index contributed by atoms with van der Waals surface area (Å²) in [5.74, 6) is 1.40. The number of hydrogen-bond acceptors (Lipinski definition) is 5. The Balaban J connectivity index is 1.58. The molecule has 1 aromatic rings. The first-order valence-corrected chi connectivity index (χ1v) is 7.35. The Morgan fingerprint density at radius 2 is 2.45 bits per heavy atom. The number of rotatable bonds is 7. The predicted octanol–water partition coefficient (Wildman–Crippen LogP) is 1.09. The van der Waals surface area contributed by atoms with E-state index < -0.39 is 6.10 Å². The van der Waals surface area contributed by atoms with Crippen LogP contribution in [0.5, 0.6) is 0 Å². The molecule has 0 radical (unpaired) electrons. The van der Waals surface area contributed by atoms with Gasteiger partial charge in [0.15, 0.2) is 0 Å². The van der Waals surface area contributed by atoms with Crippen molar-refractivity contribution >= 4 is 0 Å². The van der Waals surface area contributed by atoms with Crippen molar-refractivity contribution in [2.45, 2.75) is 32.1 Å². The van der Waals surface area contributed by atoms with Crippen LogP contribution < -0.4 is 5.32 Å². The average Bonchev–Trinajstić information content (AvgIpc) is 2.91. The molecule has 0 saturated carbocycles. The highest BCUT2D eigenvalue weighted by Gasteiger charge is 2.24. The number of nitrogens with zero attached hydrogens (tertiary/aromatic N) is 1. The van der Waals surface area contributed by atoms with E-state index in [1.54, 1.807) is 6.26 Å². The van der Waals surface area contributed by atoms with E-state index in [-0.39, 0.29) is 0 Å². The molecule has 114 valence electrons. The van der Waals surface area contributed by atoms with E-state index in [4.69, 9.17) is 9.15 Å². The van der Waals surface area contributed by atoms with Gasteiger partial charge in [-0.05, 0) is 38.1 Å². The Labute approximate surface area is 120 Å². The van der Waals surface area contributed by atoms with Gasteiger partial charge in [0.2, 0.25) is 0 Å². The Bertz CT molecular complexity index is 369. The first-order valence-electron chi connectivity index (χ1n) is 7.35. The minimum Gasteiger partial charge on any atom is -0.467 e. The van der Waals surface area contributed by atoms with Crippen LogP contribution in [0.4, 0.5) is 0 Å². The predicted molar refractivity (Wildman–Crippen MR) is 77.4 cm³/mol. The standard InChI is InChI=1S/C15H26N2O3/c1-12-9-17(2)6-5-15(12)16-8-13(18)10-19-11-14-4-3-7-20-14/h3-4,7,12-13,15-16,18H,5-6,8-11H2,1-2H3. The van der Waals surface area contributed by atoms with Crippen LogP contribution in [0.1, 0.15) is 19.1 Å². The Hall–Kier alpha value is -0.880. The third kappa shape index (κ3) is 4.90. The van der Waals surface area contributed by atoms with E-state index >= 15 is 0 Å². The van der Waals surface area contributed by atoms with Crippen molar-refractivity contribution in [1.29, 1.82) is 0 Å². The maximum absolute atomic E-state index is 9.92. The van der Waals surface area contributed by atoms with Gasteiger partial charge in [0.1, 0.15) is 12.4 Å². The molecule has 0 spiro atoms. The second-order valence-corrected chi connectivity index (χ2v) is 5.79. The molecule has 2 rings (SSSR count). The molecule has 1 saturated heterocycles. The summed E-state index contributed by atoms with van der Waals surface area (Å²) in [7, 11) is 2.16. The van der Waals surface area contributed by atoms with Crippen LogP contribution in [0.3, 0.4) is 0 Å². The summed E-state index contributed by atoms with van der Waals surface area (Å²) in [5, 5.41) is 13.4. The third-order valence-corrected chi connectivity index (χ3v) is 3.86. The second kappa shape index (κ2) is 7.78. The summed E-state index contributed by atoms with van der Waals surface area (Å²) in [6, 6.07) is 4.19. The molecule has 2 N–H and O–H groups in total. The molecule has 1 aromatic heterocycles. The summed E-state index contributed by atoms with van der Waals surface area (Å²) in [6.07, 6.45) is 2.28. The van der Waals surface area contributed by atoms with Crippen molar-refractivity contribution in [1.82, 2.24) is 10.2 Å². The lowest BCUT2D eigenvalue weighted by atomic mass is 9.94. The van der Waals surface area contributed by atoms with Gasteiger partial charge in [0.05, 0.1) is 19.0 Å². The zero-order valence-corrected chi connectivity index (χ0v) is 12.4. The van der Waals surface area contributed by atoms with Crippen molar-refractivity contribution in [2.75, 3.05) is 33.3 Å². The first-order chi connectivity index (χ1) is 9.65. The number of aliphatic hydroxyl groups is 1. The van der Waals surface area contributed by atoms with Crippen molar-refractivity contribution in [3.8, 4) is 0 Å². The van der Waals surface area contributed by atoms with Crippen LogP contribution in [0.25, 0.3) is 0 Å². The Morgan fingerprint density at radius 1 is 1.60 bits per heavy atom. The largest absolute Gasteiger partial charge is 0.467 e. The van der Waals surface area contributed by atoms with Gasteiger partial charge >= 0.3 is 0 Å². The maximum atomic E-state index is 9.92. The van der Waals surface area contributed by atoms with Gasteiger partial charge < -0.3 is 24.5 Å². The van der Waals surface area contributed by atoms with Gasteiger partial charge in [-0.15, -0.1) is 0 Å². The molecule has 5 heteroatoms. The number of piperidine rings is 1. The monoisotopic (exact) mass is 282 g/mol. The second-order valence-electron chi connectivity index (χ2n) is 5.79. The summed E-state index contributed by atoms with van der Waals surface area (Å²) in [5.41, 5.74) is 0. The van der Waals surface area contributed by atoms with Gasteiger partial charge in [-0.25, -0.2) is 0 Å². The Morgan fingerprint density at radius 3 is 3.15 bits per heavy atom. The fourth-order valence-electron chi connectivity index (χ4n) is 2.69. The molecule has 0 amide bonds. The lowest BCUT2D eigenvalue weighted by molar-refractivity contribution is 0.0192. The molecule has 0 aromatic carbocycles. The van der Waals surface area contributed by atoms with Crippen LogP contribution in [0.2, 0.25) is 0 Å². The number of aliphatic hydroxyl groups excluding tert-OH is 1. The molecule has 20 heavy (non-hydrogen) atoms. The quantitative estimate of drug-likeness (QED) is 0.784. The molecule has 3 unspecified atom stereocenters. The van der Waals surface area contributed by atoms with Crippen molar-refractivity contribution in [2.24, 2.45) is 5.92 Å². The van der Waals surface area contributed by atoms with Gasteiger partial charge in [-0.3, -0.25) is 0 Å². The zero-order valence-electron chi connectivity index (χ0n) is 12.4. The topological polar surface area (TPSA) is 57.9 Å².